The Kier molecular flexibility index (Phi) is 8.77. The molecule has 0 aliphatic carbocycles. The molecular weight excluding hydrogens is 414 g/mol. The van der Waals surface area contributed by atoms with Gasteiger partial charge in [0.05, 0.1) is 25.3 Å². The topological polar surface area (TPSA) is 79.8 Å². The predicted molar refractivity (Wildman–Crippen MR) is 130 cm³/mol. The third-order valence-electron chi connectivity index (χ3n) is 4.80. The standard InChI is InChI=1S/C27H29N3O3/c1-20(2)19-33-24-15-13-21(14-16-24)18-28-30-26(31)17-25(22-9-5-3-6-10-22)29-27(32)23-11-7-4-8-12-23/h3-16,18,20,25H,17,19H2,1-2H3,(H,29,32)(H,30,31)/b28-18-/t25-/m0/s1. The average molecular weight is 444 g/mol. The molecule has 0 radical (unpaired) electrons. The summed E-state index contributed by atoms with van der Waals surface area (Å²) in [7, 11) is 0. The summed E-state index contributed by atoms with van der Waals surface area (Å²) in [4.78, 5) is 25.2. The van der Waals surface area contributed by atoms with Gasteiger partial charge < -0.3 is 10.1 Å². The molecule has 0 aliphatic rings. The van der Waals surface area contributed by atoms with Crippen LogP contribution in [0.15, 0.2) is 90.0 Å². The summed E-state index contributed by atoms with van der Waals surface area (Å²) in [6.07, 6.45) is 1.63. The first-order valence-electron chi connectivity index (χ1n) is 11.0. The second-order valence-electron chi connectivity index (χ2n) is 8.07. The molecule has 3 aromatic rings. The number of rotatable bonds is 10. The van der Waals surface area contributed by atoms with Crippen molar-refractivity contribution in [3.63, 3.8) is 0 Å². The first kappa shape index (κ1) is 23.7. The average Bonchev–Trinajstić information content (AvgIpc) is 2.84. The highest BCUT2D eigenvalue weighted by Gasteiger charge is 2.19. The van der Waals surface area contributed by atoms with Gasteiger partial charge in [-0.05, 0) is 53.4 Å². The molecule has 0 fully saturated rings. The maximum Gasteiger partial charge on any atom is 0.251 e. The van der Waals surface area contributed by atoms with Crippen molar-refractivity contribution in [1.82, 2.24) is 10.7 Å². The molecule has 3 aromatic carbocycles. The molecule has 2 N–H and O–H groups in total. The maximum atomic E-state index is 12.6. The number of hydrogen-bond acceptors (Lipinski definition) is 4. The number of amides is 2. The Labute approximate surface area is 194 Å². The first-order chi connectivity index (χ1) is 16.0. The van der Waals surface area contributed by atoms with Crippen molar-refractivity contribution in [1.29, 1.82) is 0 Å². The summed E-state index contributed by atoms with van der Waals surface area (Å²) in [6.45, 7) is 4.85. The van der Waals surface area contributed by atoms with Crippen LogP contribution < -0.4 is 15.5 Å². The molecule has 6 nitrogen and oxygen atoms in total. The van der Waals surface area contributed by atoms with E-state index in [1.807, 2.05) is 60.7 Å². The fourth-order valence-electron chi connectivity index (χ4n) is 3.09. The van der Waals surface area contributed by atoms with Gasteiger partial charge in [0.15, 0.2) is 0 Å². The summed E-state index contributed by atoms with van der Waals surface area (Å²) in [5.74, 6) is 0.717. The second kappa shape index (κ2) is 12.2. The zero-order valence-corrected chi connectivity index (χ0v) is 18.9. The lowest BCUT2D eigenvalue weighted by Crippen LogP contribution is -2.32. The van der Waals surface area contributed by atoms with E-state index in [1.54, 1.807) is 30.5 Å². The first-order valence-corrected chi connectivity index (χ1v) is 11.0. The van der Waals surface area contributed by atoms with Gasteiger partial charge in [-0.15, -0.1) is 0 Å². The van der Waals surface area contributed by atoms with E-state index in [2.05, 4.69) is 29.7 Å². The minimum atomic E-state index is -0.480. The van der Waals surface area contributed by atoms with Crippen LogP contribution in [0.25, 0.3) is 0 Å². The van der Waals surface area contributed by atoms with E-state index in [4.69, 9.17) is 4.74 Å². The SMILES string of the molecule is CC(C)COc1ccc(/C=N\NC(=O)C[C@H](NC(=O)c2ccccc2)c2ccccc2)cc1. The number of hydrogen-bond donors (Lipinski definition) is 2. The molecule has 1 atom stereocenters. The molecule has 6 heteroatoms. The largest absolute Gasteiger partial charge is 0.493 e. The van der Waals surface area contributed by atoms with Gasteiger partial charge >= 0.3 is 0 Å². The Balaban J connectivity index is 1.58. The molecule has 0 saturated heterocycles. The van der Waals surface area contributed by atoms with Crippen LogP contribution in [0.4, 0.5) is 0 Å². The molecular formula is C27H29N3O3. The Morgan fingerprint density at radius 1 is 0.909 bits per heavy atom. The summed E-state index contributed by atoms with van der Waals surface area (Å²) in [6, 6.07) is 25.4. The third kappa shape index (κ3) is 7.92. The molecule has 0 spiro atoms. The van der Waals surface area contributed by atoms with Crippen LogP contribution in [0.1, 0.15) is 47.8 Å². The second-order valence-corrected chi connectivity index (χ2v) is 8.07. The predicted octanol–water partition coefficient (Wildman–Crippen LogP) is 4.73. The molecule has 0 saturated carbocycles. The summed E-state index contributed by atoms with van der Waals surface area (Å²) < 4.78 is 5.67. The van der Waals surface area contributed by atoms with E-state index >= 15 is 0 Å². The minimum absolute atomic E-state index is 0.0574. The van der Waals surface area contributed by atoms with Crippen LogP contribution >= 0.6 is 0 Å². The van der Waals surface area contributed by atoms with Crippen molar-refractivity contribution < 1.29 is 14.3 Å². The number of nitrogens with zero attached hydrogens (tertiary/aromatic N) is 1. The van der Waals surface area contributed by atoms with E-state index in [-0.39, 0.29) is 18.2 Å². The number of carbonyl (C=O) groups excluding carboxylic acids is 2. The molecule has 3 rings (SSSR count). The van der Waals surface area contributed by atoms with Crippen LogP contribution in [0.2, 0.25) is 0 Å². The van der Waals surface area contributed by atoms with Gasteiger partial charge in [-0.2, -0.15) is 5.10 Å². The lowest BCUT2D eigenvalue weighted by Gasteiger charge is -2.18. The van der Waals surface area contributed by atoms with Gasteiger partial charge in [0.2, 0.25) is 5.91 Å². The quantitative estimate of drug-likeness (QED) is 0.351. The zero-order valence-electron chi connectivity index (χ0n) is 18.9. The summed E-state index contributed by atoms with van der Waals surface area (Å²) in [5, 5.41) is 7.00. The number of nitrogens with one attached hydrogen (secondary N) is 2. The van der Waals surface area contributed by atoms with Gasteiger partial charge in [-0.1, -0.05) is 62.4 Å². The van der Waals surface area contributed by atoms with Crippen LogP contribution in [0, 0.1) is 5.92 Å². The Morgan fingerprint density at radius 2 is 1.55 bits per heavy atom. The highest BCUT2D eigenvalue weighted by Crippen LogP contribution is 2.17. The normalized spacial score (nSPS) is 11.8. The van der Waals surface area contributed by atoms with Gasteiger partial charge in [0.25, 0.3) is 5.91 Å². The molecule has 170 valence electrons. The monoisotopic (exact) mass is 443 g/mol. The van der Waals surface area contributed by atoms with Crippen molar-refractivity contribution in [2.24, 2.45) is 11.0 Å². The van der Waals surface area contributed by atoms with Crippen molar-refractivity contribution in [3.05, 3.63) is 102 Å². The van der Waals surface area contributed by atoms with Gasteiger partial charge in [0, 0.05) is 5.56 Å². The fourth-order valence-corrected chi connectivity index (χ4v) is 3.09. The molecule has 0 aliphatic heterocycles. The van der Waals surface area contributed by atoms with Crippen LogP contribution in [-0.4, -0.2) is 24.6 Å². The van der Waals surface area contributed by atoms with Crippen LogP contribution in [0.3, 0.4) is 0 Å². The number of carbonyl (C=O) groups is 2. The molecule has 33 heavy (non-hydrogen) atoms. The van der Waals surface area contributed by atoms with Gasteiger partial charge in [-0.25, -0.2) is 5.43 Å². The molecule has 2 amide bonds. The van der Waals surface area contributed by atoms with E-state index in [9.17, 15) is 9.59 Å². The number of benzene rings is 3. The van der Waals surface area contributed by atoms with Crippen molar-refractivity contribution in [3.8, 4) is 5.75 Å². The number of ether oxygens (including phenoxy) is 1. The zero-order chi connectivity index (χ0) is 23.5. The lowest BCUT2D eigenvalue weighted by atomic mass is 10.0. The van der Waals surface area contributed by atoms with Crippen LogP contribution in [0.5, 0.6) is 5.75 Å². The Hall–Kier alpha value is -3.93. The van der Waals surface area contributed by atoms with E-state index in [0.29, 0.717) is 18.1 Å². The molecule has 0 heterocycles. The molecule has 0 unspecified atom stereocenters. The fraction of sp³-hybridized carbons (Fsp3) is 0.222. The Morgan fingerprint density at radius 3 is 2.18 bits per heavy atom. The van der Waals surface area contributed by atoms with Crippen LogP contribution in [-0.2, 0) is 4.79 Å². The summed E-state index contributed by atoms with van der Waals surface area (Å²) >= 11 is 0. The van der Waals surface area contributed by atoms with E-state index in [1.165, 1.54) is 0 Å². The smallest absolute Gasteiger partial charge is 0.251 e. The summed E-state index contributed by atoms with van der Waals surface area (Å²) in [5.41, 5.74) is 4.77. The van der Waals surface area contributed by atoms with Gasteiger partial charge in [-0.3, -0.25) is 9.59 Å². The highest BCUT2D eigenvalue weighted by atomic mass is 16.5. The Bertz CT molecular complexity index is 1050. The molecule has 0 aromatic heterocycles. The van der Waals surface area contributed by atoms with Crippen molar-refractivity contribution >= 4 is 18.0 Å². The van der Waals surface area contributed by atoms with E-state index < -0.39 is 6.04 Å². The highest BCUT2D eigenvalue weighted by molar-refractivity contribution is 5.94. The van der Waals surface area contributed by atoms with E-state index in [0.717, 1.165) is 16.9 Å². The third-order valence-corrected chi connectivity index (χ3v) is 4.80. The maximum absolute atomic E-state index is 12.6. The van der Waals surface area contributed by atoms with Crippen molar-refractivity contribution in [2.75, 3.05) is 6.61 Å². The molecule has 0 bridgehead atoms. The lowest BCUT2D eigenvalue weighted by molar-refractivity contribution is -0.121. The van der Waals surface area contributed by atoms with Crippen molar-refractivity contribution in [2.45, 2.75) is 26.3 Å². The number of hydrazone groups is 1. The minimum Gasteiger partial charge on any atom is -0.493 e. The van der Waals surface area contributed by atoms with Gasteiger partial charge in [0.1, 0.15) is 5.75 Å².